The Morgan fingerprint density at radius 3 is 2.08 bits per heavy atom. The molecule has 6 heteroatoms. The quantitative estimate of drug-likeness (QED) is 0.613. The zero-order chi connectivity index (χ0) is 18.6. The summed E-state index contributed by atoms with van der Waals surface area (Å²) in [7, 11) is 4.51. The average Bonchev–Trinajstić information content (AvgIpc) is 2.61. The summed E-state index contributed by atoms with van der Waals surface area (Å²) in [6.07, 6.45) is -0.753. The van der Waals surface area contributed by atoms with Crippen molar-refractivity contribution in [1.82, 2.24) is 0 Å². The van der Waals surface area contributed by atoms with Crippen LogP contribution < -0.4 is 24.7 Å². The van der Waals surface area contributed by atoms with E-state index in [0.717, 1.165) is 5.56 Å². The second-order valence-electron chi connectivity index (χ2n) is 5.57. The van der Waals surface area contributed by atoms with Gasteiger partial charge in [-0.05, 0) is 37.6 Å². The molecule has 1 atom stereocenters. The van der Waals surface area contributed by atoms with E-state index in [2.05, 4.69) is 0 Å². The van der Waals surface area contributed by atoms with E-state index in [4.69, 9.17) is 24.7 Å². The normalized spacial score (nSPS) is 11.6. The van der Waals surface area contributed by atoms with Crippen molar-refractivity contribution in [3.63, 3.8) is 0 Å². The molecule has 0 bridgehead atoms. The molecule has 0 aliphatic heterocycles. The number of anilines is 1. The van der Waals surface area contributed by atoms with E-state index in [9.17, 15) is 4.79 Å². The number of carbonyl (C=O) groups is 1. The Morgan fingerprint density at radius 2 is 1.52 bits per heavy atom. The molecule has 0 radical (unpaired) electrons. The molecule has 0 amide bonds. The maximum atomic E-state index is 12.8. The molecular formula is C19H23NO5. The summed E-state index contributed by atoms with van der Waals surface area (Å²) in [6, 6.07) is 8.61. The van der Waals surface area contributed by atoms with Crippen molar-refractivity contribution in [3.8, 4) is 23.0 Å². The number of aryl methyl sites for hydroxylation is 1. The number of rotatable bonds is 7. The maximum Gasteiger partial charge on any atom is 0.206 e. The predicted octanol–water partition coefficient (Wildman–Crippen LogP) is 3.25. The van der Waals surface area contributed by atoms with Crippen LogP contribution in [0, 0.1) is 6.92 Å². The van der Waals surface area contributed by atoms with Crippen LogP contribution in [0.3, 0.4) is 0 Å². The summed E-state index contributed by atoms with van der Waals surface area (Å²) >= 11 is 0. The number of ether oxygens (including phenoxy) is 4. The van der Waals surface area contributed by atoms with Crippen LogP contribution in [0.25, 0.3) is 0 Å². The summed E-state index contributed by atoms with van der Waals surface area (Å²) in [4.78, 5) is 12.8. The van der Waals surface area contributed by atoms with Gasteiger partial charge in [0.2, 0.25) is 5.78 Å². The molecule has 0 heterocycles. The fraction of sp³-hybridized carbons (Fsp3) is 0.316. The van der Waals surface area contributed by atoms with Crippen LogP contribution in [0.1, 0.15) is 22.8 Å². The van der Waals surface area contributed by atoms with Crippen molar-refractivity contribution < 1.29 is 23.7 Å². The fourth-order valence-electron chi connectivity index (χ4n) is 2.46. The average molecular weight is 345 g/mol. The number of hydrogen-bond acceptors (Lipinski definition) is 6. The first-order chi connectivity index (χ1) is 11.9. The largest absolute Gasteiger partial charge is 0.496 e. The lowest BCUT2D eigenvalue weighted by Gasteiger charge is -2.18. The molecule has 6 nitrogen and oxygen atoms in total. The smallest absolute Gasteiger partial charge is 0.206 e. The van der Waals surface area contributed by atoms with E-state index >= 15 is 0 Å². The standard InChI is InChI=1S/C19H23NO5/c1-11-6-7-15(14(20)8-11)25-12(2)19(21)13-9-17(23-4)18(24-5)10-16(13)22-3/h6-10,12H,20H2,1-5H3. The van der Waals surface area contributed by atoms with Crippen molar-refractivity contribution in [2.45, 2.75) is 20.0 Å². The van der Waals surface area contributed by atoms with Gasteiger partial charge in [0.1, 0.15) is 11.5 Å². The molecule has 25 heavy (non-hydrogen) atoms. The van der Waals surface area contributed by atoms with E-state index in [1.165, 1.54) is 21.3 Å². The van der Waals surface area contributed by atoms with Crippen molar-refractivity contribution in [1.29, 1.82) is 0 Å². The lowest BCUT2D eigenvalue weighted by molar-refractivity contribution is 0.0815. The first-order valence-electron chi connectivity index (χ1n) is 7.78. The summed E-state index contributed by atoms with van der Waals surface area (Å²) in [5, 5.41) is 0. The molecule has 2 N–H and O–H groups in total. The Kier molecular flexibility index (Phi) is 5.75. The van der Waals surface area contributed by atoms with Crippen molar-refractivity contribution in [3.05, 3.63) is 41.5 Å². The SMILES string of the molecule is COc1cc(OC)c(C(=O)C(C)Oc2ccc(C)cc2N)cc1OC. The number of nitrogen functional groups attached to an aromatic ring is 1. The number of hydrogen-bond donors (Lipinski definition) is 1. The minimum Gasteiger partial charge on any atom is -0.496 e. The third kappa shape index (κ3) is 3.96. The van der Waals surface area contributed by atoms with Gasteiger partial charge in [0.05, 0.1) is 32.6 Å². The minimum atomic E-state index is -0.753. The Hall–Kier alpha value is -2.89. The number of ketones is 1. The van der Waals surface area contributed by atoms with Gasteiger partial charge in [-0.15, -0.1) is 0 Å². The van der Waals surface area contributed by atoms with Crippen LogP contribution in [-0.2, 0) is 0 Å². The molecule has 0 fully saturated rings. The Balaban J connectivity index is 2.32. The van der Waals surface area contributed by atoms with Gasteiger partial charge in [0.25, 0.3) is 0 Å². The molecule has 0 aliphatic carbocycles. The highest BCUT2D eigenvalue weighted by molar-refractivity contribution is 6.02. The van der Waals surface area contributed by atoms with Crippen molar-refractivity contribution >= 4 is 11.5 Å². The number of Topliss-reactive ketones (excluding diaryl/α,β-unsaturated/α-hetero) is 1. The second kappa shape index (κ2) is 7.79. The third-order valence-electron chi connectivity index (χ3n) is 3.81. The van der Waals surface area contributed by atoms with Crippen LogP contribution in [0.15, 0.2) is 30.3 Å². The number of methoxy groups -OCH3 is 3. The molecule has 1 unspecified atom stereocenters. The molecule has 0 saturated heterocycles. The lowest BCUT2D eigenvalue weighted by Crippen LogP contribution is -2.25. The van der Waals surface area contributed by atoms with Gasteiger partial charge in [0.15, 0.2) is 17.6 Å². The maximum absolute atomic E-state index is 12.8. The molecule has 0 aliphatic rings. The molecule has 134 valence electrons. The Morgan fingerprint density at radius 1 is 0.920 bits per heavy atom. The highest BCUT2D eigenvalue weighted by Crippen LogP contribution is 2.35. The predicted molar refractivity (Wildman–Crippen MR) is 96.1 cm³/mol. The summed E-state index contributed by atoms with van der Waals surface area (Å²) in [5.74, 6) is 1.51. The van der Waals surface area contributed by atoms with Crippen molar-refractivity contribution in [2.24, 2.45) is 0 Å². The lowest BCUT2D eigenvalue weighted by atomic mass is 10.0. The zero-order valence-electron chi connectivity index (χ0n) is 15.1. The van der Waals surface area contributed by atoms with Crippen LogP contribution in [0.5, 0.6) is 23.0 Å². The van der Waals surface area contributed by atoms with Crippen molar-refractivity contribution in [2.75, 3.05) is 27.1 Å². The number of benzene rings is 2. The Bertz CT molecular complexity index is 773. The van der Waals surface area contributed by atoms with E-state index in [1.54, 1.807) is 31.2 Å². The van der Waals surface area contributed by atoms with Gasteiger partial charge in [-0.25, -0.2) is 0 Å². The highest BCUT2D eigenvalue weighted by Gasteiger charge is 2.24. The second-order valence-corrected chi connectivity index (χ2v) is 5.57. The third-order valence-corrected chi connectivity index (χ3v) is 3.81. The van der Waals surface area contributed by atoms with Gasteiger partial charge < -0.3 is 24.7 Å². The van der Waals surface area contributed by atoms with Crippen LogP contribution in [0.2, 0.25) is 0 Å². The zero-order valence-corrected chi connectivity index (χ0v) is 15.1. The van der Waals surface area contributed by atoms with E-state index in [0.29, 0.717) is 34.2 Å². The van der Waals surface area contributed by atoms with Crippen LogP contribution in [-0.4, -0.2) is 33.2 Å². The van der Waals surface area contributed by atoms with Gasteiger partial charge in [-0.2, -0.15) is 0 Å². The molecule has 0 aromatic heterocycles. The van der Waals surface area contributed by atoms with Gasteiger partial charge in [0, 0.05) is 6.07 Å². The molecule has 2 rings (SSSR count). The van der Waals surface area contributed by atoms with E-state index in [-0.39, 0.29) is 5.78 Å². The fourth-order valence-corrected chi connectivity index (χ4v) is 2.46. The first-order valence-corrected chi connectivity index (χ1v) is 7.78. The van der Waals surface area contributed by atoms with Gasteiger partial charge in [-0.3, -0.25) is 4.79 Å². The first kappa shape index (κ1) is 18.4. The number of nitrogens with two attached hydrogens (primary N) is 1. The summed E-state index contributed by atoms with van der Waals surface area (Å²) in [6.45, 7) is 3.60. The number of carbonyl (C=O) groups excluding carboxylic acids is 1. The van der Waals surface area contributed by atoms with Crippen LogP contribution in [0.4, 0.5) is 5.69 Å². The highest BCUT2D eigenvalue weighted by atomic mass is 16.5. The summed E-state index contributed by atoms with van der Waals surface area (Å²) < 4.78 is 21.6. The van der Waals surface area contributed by atoms with E-state index in [1.807, 2.05) is 13.0 Å². The van der Waals surface area contributed by atoms with E-state index < -0.39 is 6.10 Å². The monoisotopic (exact) mass is 345 g/mol. The minimum absolute atomic E-state index is 0.252. The molecular weight excluding hydrogens is 322 g/mol. The van der Waals surface area contributed by atoms with Gasteiger partial charge in [-0.1, -0.05) is 6.07 Å². The Labute approximate surface area is 147 Å². The van der Waals surface area contributed by atoms with Gasteiger partial charge >= 0.3 is 0 Å². The molecule has 0 spiro atoms. The van der Waals surface area contributed by atoms with Crippen LogP contribution >= 0.6 is 0 Å². The topological polar surface area (TPSA) is 80.0 Å². The molecule has 2 aromatic carbocycles. The molecule has 0 saturated carbocycles. The summed E-state index contributed by atoms with van der Waals surface area (Å²) in [5.41, 5.74) is 7.80. The molecule has 2 aromatic rings.